The number of hydrogen-bond donors (Lipinski definition) is 2. The molecule has 1 aromatic carbocycles. The molecule has 0 spiro atoms. The summed E-state index contributed by atoms with van der Waals surface area (Å²) in [5.41, 5.74) is 2.10. The van der Waals surface area contributed by atoms with Crippen LogP contribution in [0, 0.1) is 6.92 Å². The average Bonchev–Trinajstić information content (AvgIpc) is 2.26. The Bertz CT molecular complexity index is 321. The van der Waals surface area contributed by atoms with E-state index in [0.717, 1.165) is 5.56 Å². The Morgan fingerprint density at radius 3 is 2.20 bits per heavy atom. The van der Waals surface area contributed by atoms with Crippen LogP contribution < -0.4 is 4.74 Å². The van der Waals surface area contributed by atoms with Crippen LogP contribution in [0.5, 0.6) is 5.75 Å². The zero-order valence-electron chi connectivity index (χ0n) is 8.56. The summed E-state index contributed by atoms with van der Waals surface area (Å²) in [4.78, 5) is 10.2. The summed E-state index contributed by atoms with van der Waals surface area (Å²) >= 11 is 0. The molecule has 1 rings (SSSR count). The summed E-state index contributed by atoms with van der Waals surface area (Å²) in [5.74, 6) is 0.401. The number of rotatable bonds is 5. The Morgan fingerprint density at radius 2 is 1.80 bits per heavy atom. The lowest BCUT2D eigenvalue weighted by Gasteiger charge is -2.13. The second-order valence-electron chi connectivity index (χ2n) is 3.21. The highest BCUT2D eigenvalue weighted by atomic mass is 16.5. The van der Waals surface area contributed by atoms with Gasteiger partial charge < -0.3 is 14.9 Å². The van der Waals surface area contributed by atoms with Crippen LogP contribution in [0.3, 0.4) is 0 Å². The lowest BCUT2D eigenvalue weighted by Crippen LogP contribution is -2.05. The maximum Gasteiger partial charge on any atom is 0.157 e. The van der Waals surface area contributed by atoms with E-state index in [2.05, 4.69) is 0 Å². The van der Waals surface area contributed by atoms with Gasteiger partial charge in [-0.15, -0.1) is 0 Å². The smallest absolute Gasteiger partial charge is 0.157 e. The number of benzene rings is 1. The number of aliphatic hydroxyl groups is 2. The minimum atomic E-state index is -0.178. The van der Waals surface area contributed by atoms with Crippen molar-refractivity contribution in [3.8, 4) is 5.75 Å². The van der Waals surface area contributed by atoms with E-state index in [9.17, 15) is 4.79 Å². The van der Waals surface area contributed by atoms with E-state index in [4.69, 9.17) is 14.9 Å². The van der Waals surface area contributed by atoms with E-state index in [0.29, 0.717) is 23.2 Å². The van der Waals surface area contributed by atoms with Gasteiger partial charge in [0.15, 0.2) is 6.29 Å². The summed E-state index contributed by atoms with van der Waals surface area (Å²) in [6.07, 6.45) is 0.627. The summed E-state index contributed by atoms with van der Waals surface area (Å²) < 4.78 is 5.17. The highest BCUT2D eigenvalue weighted by Gasteiger charge is 2.09. The molecule has 0 aliphatic heterocycles. The minimum Gasteiger partial charge on any atom is -0.485 e. The van der Waals surface area contributed by atoms with Gasteiger partial charge in [0, 0.05) is 11.1 Å². The molecule has 0 saturated heterocycles. The fourth-order valence-corrected chi connectivity index (χ4v) is 1.47. The summed E-state index contributed by atoms with van der Waals surface area (Å²) in [6.45, 7) is 1.43. The van der Waals surface area contributed by atoms with Gasteiger partial charge in [-0.05, 0) is 6.92 Å². The number of hydrogen-bond acceptors (Lipinski definition) is 4. The molecule has 4 nitrogen and oxygen atoms in total. The number of ether oxygens (including phenoxy) is 1. The number of carbonyl (C=O) groups is 1. The quantitative estimate of drug-likeness (QED) is 0.697. The van der Waals surface area contributed by atoms with E-state index in [-0.39, 0.29) is 19.8 Å². The van der Waals surface area contributed by atoms with Crippen LogP contribution in [-0.2, 0) is 18.0 Å². The van der Waals surface area contributed by atoms with Crippen LogP contribution in [0.1, 0.15) is 16.7 Å². The van der Waals surface area contributed by atoms with Crippen LogP contribution in [0.25, 0.3) is 0 Å². The molecule has 0 heterocycles. The highest BCUT2D eigenvalue weighted by Crippen LogP contribution is 2.26. The number of aryl methyl sites for hydroxylation is 1. The number of aliphatic hydroxyl groups excluding tert-OH is 2. The number of carbonyl (C=O) groups excluding carboxylic acids is 1. The second-order valence-corrected chi connectivity index (χ2v) is 3.21. The van der Waals surface area contributed by atoms with Crippen molar-refractivity contribution in [1.82, 2.24) is 0 Å². The molecule has 0 bridgehead atoms. The van der Waals surface area contributed by atoms with Crippen molar-refractivity contribution in [2.45, 2.75) is 20.1 Å². The molecule has 1 aromatic rings. The van der Waals surface area contributed by atoms with Crippen molar-refractivity contribution >= 4 is 6.29 Å². The predicted octanol–water partition coefficient (Wildman–Crippen LogP) is 0.557. The van der Waals surface area contributed by atoms with Gasteiger partial charge in [0.05, 0.1) is 13.2 Å². The maximum atomic E-state index is 10.2. The molecule has 0 aliphatic carbocycles. The molecular formula is C11H14O4. The first-order valence-electron chi connectivity index (χ1n) is 4.63. The topological polar surface area (TPSA) is 66.8 Å². The fraction of sp³-hybridized carbons (Fsp3) is 0.364. The monoisotopic (exact) mass is 210 g/mol. The Labute approximate surface area is 88.1 Å². The molecule has 0 aliphatic rings. The van der Waals surface area contributed by atoms with Crippen LogP contribution in [0.4, 0.5) is 0 Å². The lowest BCUT2D eigenvalue weighted by molar-refractivity contribution is -0.109. The lowest BCUT2D eigenvalue weighted by atomic mass is 10.1. The molecule has 15 heavy (non-hydrogen) atoms. The van der Waals surface area contributed by atoms with Crippen LogP contribution >= 0.6 is 0 Å². The van der Waals surface area contributed by atoms with Crippen LogP contribution in [0.2, 0.25) is 0 Å². The summed E-state index contributed by atoms with van der Waals surface area (Å²) in [5, 5.41) is 18.2. The van der Waals surface area contributed by atoms with Crippen molar-refractivity contribution in [3.63, 3.8) is 0 Å². The highest BCUT2D eigenvalue weighted by molar-refractivity contribution is 5.53. The first-order valence-corrected chi connectivity index (χ1v) is 4.63. The summed E-state index contributed by atoms with van der Waals surface area (Å²) in [6, 6.07) is 3.53. The van der Waals surface area contributed by atoms with Gasteiger partial charge in [-0.2, -0.15) is 0 Å². The van der Waals surface area contributed by atoms with Crippen LogP contribution in [0.15, 0.2) is 12.1 Å². The maximum absolute atomic E-state index is 10.2. The van der Waals surface area contributed by atoms with Gasteiger partial charge in [0.2, 0.25) is 0 Å². The van der Waals surface area contributed by atoms with Crippen molar-refractivity contribution < 1.29 is 19.7 Å². The van der Waals surface area contributed by atoms with Gasteiger partial charge in [-0.25, -0.2) is 0 Å². The number of aldehydes is 1. The third-order valence-electron chi connectivity index (χ3n) is 2.02. The van der Waals surface area contributed by atoms with Gasteiger partial charge >= 0.3 is 0 Å². The molecule has 0 unspecified atom stereocenters. The third kappa shape index (κ3) is 2.78. The first kappa shape index (κ1) is 11.7. The largest absolute Gasteiger partial charge is 0.485 e. The molecule has 2 N–H and O–H groups in total. The molecule has 0 amide bonds. The molecule has 0 atom stereocenters. The second kappa shape index (κ2) is 5.48. The molecule has 82 valence electrons. The SMILES string of the molecule is Cc1cc(CO)c(OCC=O)c(CO)c1. The van der Waals surface area contributed by atoms with Gasteiger partial charge in [0.25, 0.3) is 0 Å². The molecule has 0 radical (unpaired) electrons. The third-order valence-corrected chi connectivity index (χ3v) is 2.02. The van der Waals surface area contributed by atoms with Gasteiger partial charge in [0.1, 0.15) is 12.4 Å². The van der Waals surface area contributed by atoms with Gasteiger partial charge in [-0.1, -0.05) is 17.7 Å². The minimum absolute atomic E-state index is 0.0803. The Balaban J connectivity index is 3.11. The molecule has 0 saturated carbocycles. The van der Waals surface area contributed by atoms with Crippen molar-refractivity contribution in [3.05, 3.63) is 28.8 Å². The van der Waals surface area contributed by atoms with E-state index < -0.39 is 0 Å². The molecular weight excluding hydrogens is 196 g/mol. The summed E-state index contributed by atoms with van der Waals surface area (Å²) in [7, 11) is 0. The van der Waals surface area contributed by atoms with E-state index in [1.807, 2.05) is 6.92 Å². The predicted molar refractivity (Wildman–Crippen MR) is 54.6 cm³/mol. The van der Waals surface area contributed by atoms with Gasteiger partial charge in [-0.3, -0.25) is 4.79 Å². The normalized spacial score (nSPS) is 10.1. The zero-order chi connectivity index (χ0) is 11.3. The zero-order valence-corrected chi connectivity index (χ0v) is 8.56. The molecule has 0 fully saturated rings. The molecule has 4 heteroatoms. The van der Waals surface area contributed by atoms with Crippen molar-refractivity contribution in [2.24, 2.45) is 0 Å². The van der Waals surface area contributed by atoms with E-state index in [1.54, 1.807) is 12.1 Å². The Hall–Kier alpha value is -1.39. The standard InChI is InChI=1S/C11H14O4/c1-8-4-9(6-13)11(15-3-2-12)10(5-8)7-14/h2,4-5,13-14H,3,6-7H2,1H3. The Kier molecular flexibility index (Phi) is 4.27. The first-order chi connectivity index (χ1) is 7.22. The Morgan fingerprint density at radius 1 is 1.27 bits per heavy atom. The molecule has 0 aromatic heterocycles. The van der Waals surface area contributed by atoms with E-state index in [1.165, 1.54) is 0 Å². The van der Waals surface area contributed by atoms with Crippen LogP contribution in [-0.4, -0.2) is 23.1 Å². The van der Waals surface area contributed by atoms with Crippen molar-refractivity contribution in [2.75, 3.05) is 6.61 Å². The fourth-order valence-electron chi connectivity index (χ4n) is 1.47. The average molecular weight is 210 g/mol. The van der Waals surface area contributed by atoms with Crippen molar-refractivity contribution in [1.29, 1.82) is 0 Å². The van der Waals surface area contributed by atoms with E-state index >= 15 is 0 Å².